The van der Waals surface area contributed by atoms with Crippen LogP contribution in [-0.2, 0) is 4.79 Å². The summed E-state index contributed by atoms with van der Waals surface area (Å²) < 4.78 is 0. The van der Waals surface area contributed by atoms with E-state index in [0.717, 1.165) is 31.2 Å². The molecule has 1 saturated carbocycles. The first-order valence-corrected chi connectivity index (χ1v) is 8.09. The molecule has 1 saturated heterocycles. The van der Waals surface area contributed by atoms with Gasteiger partial charge in [0, 0.05) is 6.54 Å². The first-order valence-electron chi connectivity index (χ1n) is 8.09. The van der Waals surface area contributed by atoms with Crippen molar-refractivity contribution in [1.29, 1.82) is 0 Å². The fourth-order valence-corrected chi connectivity index (χ4v) is 3.54. The van der Waals surface area contributed by atoms with E-state index in [1.807, 2.05) is 0 Å². The van der Waals surface area contributed by atoms with E-state index < -0.39 is 0 Å². The summed E-state index contributed by atoms with van der Waals surface area (Å²) in [4.78, 5) is 14.8. The summed E-state index contributed by atoms with van der Waals surface area (Å²) in [5.74, 6) is 1.92. The molecule has 2 aliphatic rings. The summed E-state index contributed by atoms with van der Waals surface area (Å²) in [6, 6.07) is 0. The third kappa shape index (κ3) is 2.96. The van der Waals surface area contributed by atoms with E-state index in [-0.39, 0.29) is 11.7 Å². The molecule has 1 N–H and O–H groups in total. The van der Waals surface area contributed by atoms with Gasteiger partial charge in [0.1, 0.15) is 0 Å². The normalized spacial score (nSPS) is 39.9. The van der Waals surface area contributed by atoms with Gasteiger partial charge in [-0.1, -0.05) is 33.6 Å². The molecule has 0 aromatic carbocycles. The van der Waals surface area contributed by atoms with Gasteiger partial charge in [0.2, 0.25) is 5.91 Å². The monoisotopic (exact) mass is 266 g/mol. The van der Waals surface area contributed by atoms with Crippen LogP contribution < -0.4 is 5.32 Å². The van der Waals surface area contributed by atoms with E-state index in [2.05, 4.69) is 37.9 Å². The van der Waals surface area contributed by atoms with Crippen molar-refractivity contribution < 1.29 is 4.79 Å². The minimum atomic E-state index is -0.331. The van der Waals surface area contributed by atoms with Crippen LogP contribution in [0.15, 0.2) is 0 Å². The van der Waals surface area contributed by atoms with Gasteiger partial charge in [-0.25, -0.2) is 0 Å². The second-order valence-electron chi connectivity index (χ2n) is 6.84. The van der Waals surface area contributed by atoms with Gasteiger partial charge in [-0.15, -0.1) is 0 Å². The van der Waals surface area contributed by atoms with Crippen LogP contribution in [0.1, 0.15) is 66.2 Å². The maximum atomic E-state index is 12.6. The number of nitrogens with zero attached hydrogens (tertiary/aromatic N) is 1. The average Bonchev–Trinajstić information content (AvgIpc) is 2.66. The number of hydrogen-bond acceptors (Lipinski definition) is 2. The number of rotatable bonds is 4. The Kier molecular flexibility index (Phi) is 4.54. The highest BCUT2D eigenvalue weighted by Gasteiger charge is 2.46. The predicted molar refractivity (Wildman–Crippen MR) is 78.7 cm³/mol. The third-order valence-corrected chi connectivity index (χ3v) is 5.28. The number of nitrogens with one attached hydrogen (secondary N) is 1. The Hall–Kier alpha value is -0.570. The summed E-state index contributed by atoms with van der Waals surface area (Å²) in [5.41, 5.74) is -0.331. The van der Waals surface area contributed by atoms with Crippen molar-refractivity contribution in [3.05, 3.63) is 0 Å². The molecule has 1 heterocycles. The van der Waals surface area contributed by atoms with E-state index in [9.17, 15) is 4.79 Å². The van der Waals surface area contributed by atoms with Gasteiger partial charge in [0.25, 0.3) is 0 Å². The third-order valence-electron chi connectivity index (χ3n) is 5.28. The predicted octanol–water partition coefficient (Wildman–Crippen LogP) is 3.15. The van der Waals surface area contributed by atoms with Crippen LogP contribution in [0, 0.1) is 11.8 Å². The van der Waals surface area contributed by atoms with E-state index in [4.69, 9.17) is 0 Å². The van der Waals surface area contributed by atoms with Crippen molar-refractivity contribution in [2.24, 2.45) is 11.8 Å². The summed E-state index contributed by atoms with van der Waals surface area (Å²) in [5, 5.41) is 3.54. The van der Waals surface area contributed by atoms with Crippen molar-refractivity contribution in [1.82, 2.24) is 10.2 Å². The molecule has 0 aromatic heterocycles. The van der Waals surface area contributed by atoms with E-state index in [1.165, 1.54) is 25.7 Å². The van der Waals surface area contributed by atoms with Crippen LogP contribution in [0.4, 0.5) is 0 Å². The van der Waals surface area contributed by atoms with E-state index in [0.29, 0.717) is 5.91 Å². The molecule has 0 aromatic rings. The summed E-state index contributed by atoms with van der Waals surface area (Å²) in [7, 11) is 0. The highest BCUT2D eigenvalue weighted by molar-refractivity contribution is 5.88. The first-order chi connectivity index (χ1) is 9.00. The highest BCUT2D eigenvalue weighted by Crippen LogP contribution is 2.32. The minimum absolute atomic E-state index is 0.247. The number of amides is 1. The molecule has 0 spiro atoms. The molecule has 2 atom stereocenters. The van der Waals surface area contributed by atoms with Gasteiger partial charge < -0.3 is 4.90 Å². The van der Waals surface area contributed by atoms with Crippen LogP contribution in [0.3, 0.4) is 0 Å². The maximum Gasteiger partial charge on any atom is 0.243 e. The lowest BCUT2D eigenvalue weighted by Crippen LogP contribution is -2.43. The fourth-order valence-electron chi connectivity index (χ4n) is 3.54. The van der Waals surface area contributed by atoms with Crippen molar-refractivity contribution in [3.8, 4) is 0 Å². The van der Waals surface area contributed by atoms with Crippen LogP contribution in [-0.4, -0.2) is 29.1 Å². The summed E-state index contributed by atoms with van der Waals surface area (Å²) in [6.45, 7) is 9.64. The molecule has 0 radical (unpaired) electrons. The molecule has 2 rings (SSSR count). The molecule has 1 aliphatic heterocycles. The Bertz CT molecular complexity index is 323. The Morgan fingerprint density at radius 1 is 1.26 bits per heavy atom. The van der Waals surface area contributed by atoms with Crippen LogP contribution in [0.25, 0.3) is 0 Å². The largest absolute Gasteiger partial charge is 0.325 e. The molecule has 1 aliphatic carbocycles. The Morgan fingerprint density at radius 3 is 2.42 bits per heavy atom. The average molecular weight is 266 g/mol. The molecule has 110 valence electrons. The van der Waals surface area contributed by atoms with E-state index >= 15 is 0 Å². The second-order valence-corrected chi connectivity index (χ2v) is 6.84. The second kappa shape index (κ2) is 5.82. The van der Waals surface area contributed by atoms with Crippen molar-refractivity contribution in [2.45, 2.75) is 77.9 Å². The van der Waals surface area contributed by atoms with Gasteiger partial charge in [-0.3, -0.25) is 10.1 Å². The zero-order valence-corrected chi connectivity index (χ0v) is 13.0. The quantitative estimate of drug-likeness (QED) is 0.848. The Labute approximate surface area is 118 Å². The van der Waals surface area contributed by atoms with Crippen LogP contribution >= 0.6 is 0 Å². The SMILES string of the molecule is CCC1NC(C)(CC)C(=O)N1CC1CCC(C)CC1. The molecule has 2 unspecified atom stereocenters. The maximum absolute atomic E-state index is 12.6. The lowest BCUT2D eigenvalue weighted by Gasteiger charge is -2.32. The van der Waals surface area contributed by atoms with E-state index in [1.54, 1.807) is 0 Å². The van der Waals surface area contributed by atoms with Gasteiger partial charge in [0.05, 0.1) is 11.7 Å². The molecule has 3 nitrogen and oxygen atoms in total. The summed E-state index contributed by atoms with van der Waals surface area (Å²) in [6.07, 6.45) is 7.39. The number of carbonyl (C=O) groups excluding carboxylic acids is 1. The number of hydrogen-bond donors (Lipinski definition) is 1. The van der Waals surface area contributed by atoms with Gasteiger partial charge in [-0.2, -0.15) is 0 Å². The zero-order chi connectivity index (χ0) is 14.0. The first kappa shape index (κ1) is 14.8. The minimum Gasteiger partial charge on any atom is -0.325 e. The lowest BCUT2D eigenvalue weighted by molar-refractivity contribution is -0.133. The van der Waals surface area contributed by atoms with Crippen LogP contribution in [0.5, 0.6) is 0 Å². The van der Waals surface area contributed by atoms with Gasteiger partial charge in [0.15, 0.2) is 0 Å². The number of carbonyl (C=O) groups is 1. The molecule has 2 fully saturated rings. The van der Waals surface area contributed by atoms with Crippen molar-refractivity contribution in [3.63, 3.8) is 0 Å². The van der Waals surface area contributed by atoms with Crippen LogP contribution in [0.2, 0.25) is 0 Å². The van der Waals surface area contributed by atoms with Crippen molar-refractivity contribution >= 4 is 5.91 Å². The Morgan fingerprint density at radius 2 is 1.89 bits per heavy atom. The smallest absolute Gasteiger partial charge is 0.243 e. The molecular weight excluding hydrogens is 236 g/mol. The lowest BCUT2D eigenvalue weighted by atomic mass is 9.82. The Balaban J connectivity index is 2.00. The molecule has 19 heavy (non-hydrogen) atoms. The molecule has 3 heteroatoms. The summed E-state index contributed by atoms with van der Waals surface area (Å²) >= 11 is 0. The molecule has 1 amide bonds. The highest BCUT2D eigenvalue weighted by atomic mass is 16.2. The van der Waals surface area contributed by atoms with Gasteiger partial charge in [-0.05, 0) is 44.4 Å². The van der Waals surface area contributed by atoms with Gasteiger partial charge >= 0.3 is 0 Å². The standard InChI is InChI=1S/C16H30N2O/c1-5-14-17-16(4,6-2)15(19)18(14)11-13-9-7-12(3)8-10-13/h12-14,17H,5-11H2,1-4H3. The molecule has 0 bridgehead atoms. The fraction of sp³-hybridized carbons (Fsp3) is 0.938. The topological polar surface area (TPSA) is 32.3 Å². The zero-order valence-electron chi connectivity index (χ0n) is 13.0. The van der Waals surface area contributed by atoms with Crippen molar-refractivity contribution in [2.75, 3.05) is 6.54 Å². The molecular formula is C16H30N2O.